The van der Waals surface area contributed by atoms with Crippen LogP contribution in [-0.2, 0) is 44.7 Å². The Morgan fingerprint density at radius 2 is 1.37 bits per heavy atom. The van der Waals surface area contributed by atoms with Crippen molar-refractivity contribution in [1.29, 1.82) is 0 Å². The van der Waals surface area contributed by atoms with Crippen LogP contribution in [0, 0.1) is 0 Å². The maximum atomic E-state index is 10.1. The van der Waals surface area contributed by atoms with E-state index >= 15 is 0 Å². The first-order chi connectivity index (χ1) is 7.88. The second-order valence-electron chi connectivity index (χ2n) is 2.09. The van der Waals surface area contributed by atoms with Gasteiger partial charge in [-0.2, -0.15) is 0 Å². The van der Waals surface area contributed by atoms with Crippen molar-refractivity contribution in [2.75, 3.05) is 12.8 Å². The zero-order valence-corrected chi connectivity index (χ0v) is 14.0. The third kappa shape index (κ3) is 89.5. The number of hydrogen-bond acceptors (Lipinski definition) is 9. The number of rotatable bonds is 4. The Hall–Kier alpha value is 0.503. The van der Waals surface area contributed by atoms with Crippen LogP contribution in [0.3, 0.4) is 0 Å². The molecule has 0 aliphatic carbocycles. The summed E-state index contributed by atoms with van der Waals surface area (Å²) >= 11 is 0. The fourth-order valence-electron chi connectivity index (χ4n) is 0.308. The Kier molecular flexibility index (Phi) is 24.2. The van der Waals surface area contributed by atoms with Crippen molar-refractivity contribution in [3.05, 3.63) is 0 Å². The van der Waals surface area contributed by atoms with Gasteiger partial charge in [0.2, 0.25) is 0 Å². The van der Waals surface area contributed by atoms with Gasteiger partial charge in [0.05, 0.1) is 12.8 Å². The zero-order chi connectivity index (χ0) is 15.4. The molecule has 19 heavy (non-hydrogen) atoms. The summed E-state index contributed by atoms with van der Waals surface area (Å²) in [5.74, 6) is -1.14. The first-order valence-electron chi connectivity index (χ1n) is 3.48. The van der Waals surface area contributed by atoms with E-state index < -0.39 is 42.9 Å². The van der Waals surface area contributed by atoms with Crippen LogP contribution in [0.1, 0.15) is 0 Å². The molecule has 4 N–H and O–H groups in total. The monoisotopic (exact) mass is 417 g/mol. The normalized spacial score (nSPS) is 8.74. The Morgan fingerprint density at radius 3 is 1.53 bits per heavy atom. The summed E-state index contributed by atoms with van der Waals surface area (Å²) < 4.78 is 27.0. The fraction of sp³-hybridized carbons (Fsp3) is 0.667. The standard InChI is InChI=1S/C3H8NO5P.2HO3P.Zr/c5-3(6)1-4-2-10(7,8)9;2*1-4(2)3;/h4H,1-2H2,(H,5,6)(H2,7,8,9);2*(H,1,2,3);/q;;;+4/p-2. The molecule has 0 saturated heterocycles. The summed E-state index contributed by atoms with van der Waals surface area (Å²) in [5.41, 5.74) is 0. The second-order valence-corrected chi connectivity index (χ2v) is 4.63. The maximum Gasteiger partial charge on any atom is 4.00 e. The minimum atomic E-state index is -4.10. The third-order valence-electron chi connectivity index (χ3n) is 0.594. The van der Waals surface area contributed by atoms with E-state index in [1.165, 1.54) is 0 Å². The van der Waals surface area contributed by atoms with Gasteiger partial charge in [-0.1, -0.05) is 9.13 Å². The Balaban J connectivity index is -0.000000105. The first-order valence-corrected chi connectivity index (χ1v) is 7.47. The van der Waals surface area contributed by atoms with Gasteiger partial charge in [0, 0.05) is 0 Å². The molecule has 0 aliphatic heterocycles. The molecule has 108 valence electrons. The van der Waals surface area contributed by atoms with Gasteiger partial charge in [-0.05, 0) is 0 Å². The first kappa shape index (κ1) is 27.8. The maximum absolute atomic E-state index is 10.1. The van der Waals surface area contributed by atoms with Crippen LogP contribution in [0.4, 0.5) is 0 Å². The van der Waals surface area contributed by atoms with Gasteiger partial charge in [-0.15, -0.1) is 0 Å². The van der Waals surface area contributed by atoms with E-state index in [9.17, 15) is 9.36 Å². The molecule has 0 atom stereocenters. The van der Waals surface area contributed by atoms with E-state index in [-0.39, 0.29) is 26.2 Å². The molecule has 0 bridgehead atoms. The minimum Gasteiger partial charge on any atom is -0.598 e. The molecule has 12 nitrogen and oxygen atoms in total. The SMILES string of the molecule is O=C(O)CNCP(=O)(O)O.O=[P+]([O-])[O-].O=[P+]([O-])[O-].[Zr+4]. The Bertz CT molecular complexity index is 296. The molecule has 0 aliphatic rings. The zero-order valence-electron chi connectivity index (χ0n) is 8.86. The molecule has 0 unspecified atom stereocenters. The number of hydrogen-bond donors (Lipinski definition) is 4. The van der Waals surface area contributed by atoms with E-state index in [0.29, 0.717) is 0 Å². The van der Waals surface area contributed by atoms with Gasteiger partial charge in [0.1, 0.15) is 0 Å². The molecular formula is C3H8NO11P3Zr+2. The van der Waals surface area contributed by atoms with E-state index in [1.807, 2.05) is 0 Å². The Morgan fingerprint density at radius 1 is 1.11 bits per heavy atom. The molecule has 0 saturated carbocycles. The van der Waals surface area contributed by atoms with E-state index in [0.717, 1.165) is 0 Å². The number of nitrogens with one attached hydrogen (secondary N) is 1. The summed E-state index contributed by atoms with van der Waals surface area (Å²) in [5, 5.41) is 10.1. The molecule has 0 spiro atoms. The van der Waals surface area contributed by atoms with Crippen molar-refractivity contribution in [1.82, 2.24) is 5.32 Å². The van der Waals surface area contributed by atoms with Gasteiger partial charge in [0.15, 0.2) is 0 Å². The summed E-state index contributed by atoms with van der Waals surface area (Å²) in [6.45, 7) is -0.439. The summed E-state index contributed by atoms with van der Waals surface area (Å²) in [6.07, 6.45) is -0.598. The van der Waals surface area contributed by atoms with Crippen LogP contribution in [0.5, 0.6) is 0 Å². The average Bonchev–Trinajstić information content (AvgIpc) is 1.96. The van der Waals surface area contributed by atoms with E-state index in [1.54, 1.807) is 0 Å². The second kappa shape index (κ2) is 16.6. The third-order valence-corrected chi connectivity index (χ3v) is 1.23. The molecule has 0 rings (SSSR count). The van der Waals surface area contributed by atoms with Crippen LogP contribution < -0.4 is 24.9 Å². The van der Waals surface area contributed by atoms with Crippen molar-refractivity contribution >= 4 is 30.1 Å². The Labute approximate surface area is 127 Å². The molecule has 0 radical (unpaired) electrons. The van der Waals surface area contributed by atoms with Crippen LogP contribution in [-0.4, -0.2) is 33.7 Å². The number of aliphatic carboxylic acids is 1. The number of carbonyl (C=O) groups is 1. The summed E-state index contributed by atoms with van der Waals surface area (Å²) in [6, 6.07) is 0. The quantitative estimate of drug-likeness (QED) is 0.316. The van der Waals surface area contributed by atoms with Crippen molar-refractivity contribution < 1.29 is 79.2 Å². The molecule has 0 heterocycles. The van der Waals surface area contributed by atoms with Crippen molar-refractivity contribution in [2.24, 2.45) is 0 Å². The molecule has 0 aromatic rings. The van der Waals surface area contributed by atoms with E-state index in [4.69, 9.17) is 43.6 Å². The number of carboxylic acid groups (broad SMARTS) is 1. The van der Waals surface area contributed by atoms with Gasteiger partial charge in [-0.3, -0.25) is 14.7 Å². The molecule has 16 heteroatoms. The predicted molar refractivity (Wildman–Crippen MR) is 47.8 cm³/mol. The summed E-state index contributed by atoms with van der Waals surface area (Å²) in [4.78, 5) is 60.1. The fourth-order valence-corrected chi connectivity index (χ4v) is 0.712. The predicted octanol–water partition coefficient (Wildman–Crippen LogP) is -4.48. The van der Waals surface area contributed by atoms with Crippen LogP contribution in [0.15, 0.2) is 0 Å². The summed E-state index contributed by atoms with van der Waals surface area (Å²) in [7, 11) is -10.8. The minimum absolute atomic E-state index is 0. The van der Waals surface area contributed by atoms with Gasteiger partial charge >= 0.3 is 39.8 Å². The van der Waals surface area contributed by atoms with Crippen molar-refractivity contribution in [2.45, 2.75) is 0 Å². The topological polar surface area (TPSA) is 233 Å². The van der Waals surface area contributed by atoms with Gasteiger partial charge < -0.3 is 34.5 Å². The smallest absolute Gasteiger partial charge is 0.598 e. The largest absolute Gasteiger partial charge is 4.00 e. The molecule has 0 aromatic heterocycles. The van der Waals surface area contributed by atoms with Gasteiger partial charge in [0.25, 0.3) is 16.5 Å². The van der Waals surface area contributed by atoms with Crippen molar-refractivity contribution in [3.63, 3.8) is 0 Å². The van der Waals surface area contributed by atoms with Crippen LogP contribution in [0.25, 0.3) is 0 Å². The van der Waals surface area contributed by atoms with Crippen LogP contribution >= 0.6 is 24.1 Å². The van der Waals surface area contributed by atoms with Crippen LogP contribution in [0.2, 0.25) is 0 Å². The molecule has 0 aromatic carbocycles. The van der Waals surface area contributed by atoms with Gasteiger partial charge in [-0.25, -0.2) is 0 Å². The molecular weight excluding hydrogens is 410 g/mol. The molecule has 0 amide bonds. The van der Waals surface area contributed by atoms with E-state index in [2.05, 4.69) is 5.32 Å². The number of carboxylic acids is 1. The van der Waals surface area contributed by atoms with Crippen molar-refractivity contribution in [3.8, 4) is 0 Å². The molecule has 0 fully saturated rings. The average molecular weight is 418 g/mol.